The van der Waals surface area contributed by atoms with Crippen LogP contribution in [0, 0.1) is 12.7 Å². The van der Waals surface area contributed by atoms with Crippen molar-refractivity contribution >= 4 is 11.7 Å². The Morgan fingerprint density at radius 2 is 2.06 bits per heavy atom. The van der Waals surface area contributed by atoms with Gasteiger partial charge in [0.05, 0.1) is 5.56 Å². The van der Waals surface area contributed by atoms with E-state index in [1.165, 1.54) is 12.1 Å². The monoisotopic (exact) mass is 237 g/mol. The fourth-order valence-corrected chi connectivity index (χ4v) is 2.04. The number of esters is 1. The van der Waals surface area contributed by atoms with Crippen molar-refractivity contribution in [2.45, 2.75) is 38.7 Å². The van der Waals surface area contributed by atoms with Gasteiger partial charge in [-0.3, -0.25) is 0 Å². The lowest BCUT2D eigenvalue weighted by Gasteiger charge is -2.12. The minimum absolute atomic E-state index is 0.0203. The van der Waals surface area contributed by atoms with Gasteiger partial charge in [0.25, 0.3) is 0 Å². The smallest absolute Gasteiger partial charge is 0.338 e. The number of ether oxygens (including phenoxy) is 1. The number of carbonyl (C=O) groups is 1. The van der Waals surface area contributed by atoms with Crippen molar-refractivity contribution in [3.63, 3.8) is 0 Å². The molecule has 2 N–H and O–H groups in total. The molecule has 0 radical (unpaired) electrons. The van der Waals surface area contributed by atoms with Crippen molar-refractivity contribution in [2.75, 3.05) is 5.73 Å². The Labute approximate surface area is 99.8 Å². The molecule has 3 nitrogen and oxygen atoms in total. The Hall–Kier alpha value is -1.58. The molecule has 1 aromatic rings. The van der Waals surface area contributed by atoms with E-state index in [4.69, 9.17) is 10.5 Å². The molecule has 17 heavy (non-hydrogen) atoms. The fraction of sp³-hybridized carbons (Fsp3) is 0.462. The first-order valence-corrected chi connectivity index (χ1v) is 5.84. The molecule has 1 aliphatic carbocycles. The van der Waals surface area contributed by atoms with Crippen LogP contribution in [0.5, 0.6) is 0 Å². The molecule has 0 aromatic heterocycles. The van der Waals surface area contributed by atoms with Gasteiger partial charge in [-0.2, -0.15) is 0 Å². The van der Waals surface area contributed by atoms with Crippen LogP contribution in [0.15, 0.2) is 12.1 Å². The summed E-state index contributed by atoms with van der Waals surface area (Å²) >= 11 is 0. The number of benzene rings is 1. The minimum Gasteiger partial charge on any atom is -0.459 e. The third kappa shape index (κ3) is 2.57. The van der Waals surface area contributed by atoms with Gasteiger partial charge in [0, 0.05) is 11.3 Å². The zero-order chi connectivity index (χ0) is 12.4. The molecular weight excluding hydrogens is 221 g/mol. The van der Waals surface area contributed by atoms with Crippen LogP contribution in [-0.2, 0) is 4.74 Å². The van der Waals surface area contributed by atoms with E-state index < -0.39 is 11.8 Å². The Balaban J connectivity index is 2.13. The Bertz CT molecular complexity index is 416. The molecule has 1 fully saturated rings. The van der Waals surface area contributed by atoms with Gasteiger partial charge >= 0.3 is 5.97 Å². The van der Waals surface area contributed by atoms with Crippen LogP contribution in [0.25, 0.3) is 0 Å². The van der Waals surface area contributed by atoms with Crippen molar-refractivity contribution in [3.8, 4) is 0 Å². The van der Waals surface area contributed by atoms with Gasteiger partial charge in [-0.15, -0.1) is 0 Å². The third-order valence-electron chi connectivity index (χ3n) is 3.20. The van der Waals surface area contributed by atoms with Crippen molar-refractivity contribution in [3.05, 3.63) is 29.1 Å². The van der Waals surface area contributed by atoms with E-state index in [0.717, 1.165) is 25.7 Å². The van der Waals surface area contributed by atoms with Gasteiger partial charge in [-0.1, -0.05) is 0 Å². The fourth-order valence-electron chi connectivity index (χ4n) is 2.04. The molecule has 1 aliphatic rings. The second kappa shape index (κ2) is 4.73. The first kappa shape index (κ1) is 11.9. The van der Waals surface area contributed by atoms with Gasteiger partial charge in [-0.25, -0.2) is 9.18 Å². The zero-order valence-corrected chi connectivity index (χ0v) is 9.83. The van der Waals surface area contributed by atoms with E-state index in [2.05, 4.69) is 0 Å². The van der Waals surface area contributed by atoms with Crippen molar-refractivity contribution < 1.29 is 13.9 Å². The largest absolute Gasteiger partial charge is 0.459 e. The van der Waals surface area contributed by atoms with E-state index in [1.807, 2.05) is 0 Å². The summed E-state index contributed by atoms with van der Waals surface area (Å²) in [4.78, 5) is 11.8. The predicted molar refractivity (Wildman–Crippen MR) is 63.2 cm³/mol. The van der Waals surface area contributed by atoms with Gasteiger partial charge in [0.15, 0.2) is 0 Å². The number of hydrogen-bond donors (Lipinski definition) is 1. The normalized spacial score (nSPS) is 16.1. The highest BCUT2D eigenvalue weighted by Gasteiger charge is 2.21. The number of nitrogens with two attached hydrogens (primary N) is 1. The van der Waals surface area contributed by atoms with Crippen LogP contribution < -0.4 is 5.73 Å². The third-order valence-corrected chi connectivity index (χ3v) is 3.20. The maximum atomic E-state index is 13.4. The van der Waals surface area contributed by atoms with Crippen LogP contribution >= 0.6 is 0 Å². The molecule has 0 spiro atoms. The Kier molecular flexibility index (Phi) is 3.31. The summed E-state index contributed by atoms with van der Waals surface area (Å²) in [5, 5.41) is 0. The lowest BCUT2D eigenvalue weighted by atomic mass is 10.1. The highest BCUT2D eigenvalue weighted by atomic mass is 19.1. The highest BCUT2D eigenvalue weighted by molar-refractivity contribution is 5.90. The van der Waals surface area contributed by atoms with Crippen LogP contribution in [0.1, 0.15) is 41.6 Å². The van der Waals surface area contributed by atoms with Crippen molar-refractivity contribution in [1.29, 1.82) is 0 Å². The van der Waals surface area contributed by atoms with Gasteiger partial charge in [-0.05, 0) is 44.7 Å². The molecule has 0 atom stereocenters. The average Bonchev–Trinajstić information content (AvgIpc) is 2.77. The number of anilines is 1. The molecule has 0 bridgehead atoms. The Morgan fingerprint density at radius 3 is 2.65 bits per heavy atom. The summed E-state index contributed by atoms with van der Waals surface area (Å²) in [6.07, 6.45) is 3.95. The lowest BCUT2D eigenvalue weighted by Crippen LogP contribution is -2.15. The van der Waals surface area contributed by atoms with E-state index in [-0.39, 0.29) is 17.4 Å². The summed E-state index contributed by atoms with van der Waals surface area (Å²) in [7, 11) is 0. The maximum Gasteiger partial charge on any atom is 0.338 e. The maximum absolute atomic E-state index is 13.4. The lowest BCUT2D eigenvalue weighted by molar-refractivity contribution is 0.0317. The molecule has 0 heterocycles. The standard InChI is InChI=1S/C13H16FNO2/c1-8-11(14)6-9(7-12(8)15)13(16)17-10-4-2-3-5-10/h6-7,10H,2-5,15H2,1H3. The molecule has 0 amide bonds. The zero-order valence-electron chi connectivity index (χ0n) is 9.83. The summed E-state index contributed by atoms with van der Waals surface area (Å²) in [5.41, 5.74) is 6.46. The van der Waals surface area contributed by atoms with Crippen LogP contribution in [-0.4, -0.2) is 12.1 Å². The molecule has 1 aromatic carbocycles. The summed E-state index contributed by atoms with van der Waals surface area (Å²) < 4.78 is 18.7. The SMILES string of the molecule is Cc1c(N)cc(C(=O)OC2CCCC2)cc1F. The van der Waals surface area contributed by atoms with Gasteiger partial charge in [0.1, 0.15) is 11.9 Å². The molecule has 4 heteroatoms. The van der Waals surface area contributed by atoms with E-state index in [1.54, 1.807) is 6.92 Å². The number of rotatable bonds is 2. The second-order valence-electron chi connectivity index (χ2n) is 4.48. The van der Waals surface area contributed by atoms with Gasteiger partial charge < -0.3 is 10.5 Å². The predicted octanol–water partition coefficient (Wildman–Crippen LogP) is 2.82. The Morgan fingerprint density at radius 1 is 1.41 bits per heavy atom. The summed E-state index contributed by atoms with van der Waals surface area (Å²) in [6, 6.07) is 2.65. The van der Waals surface area contributed by atoms with Crippen molar-refractivity contribution in [1.82, 2.24) is 0 Å². The topological polar surface area (TPSA) is 52.3 Å². The molecule has 92 valence electrons. The van der Waals surface area contributed by atoms with E-state index >= 15 is 0 Å². The van der Waals surface area contributed by atoms with Crippen LogP contribution in [0.4, 0.5) is 10.1 Å². The number of carbonyl (C=O) groups excluding carboxylic acids is 1. The first-order chi connectivity index (χ1) is 8.08. The molecule has 0 unspecified atom stereocenters. The minimum atomic E-state index is -0.484. The molecule has 0 saturated heterocycles. The second-order valence-corrected chi connectivity index (χ2v) is 4.48. The highest BCUT2D eigenvalue weighted by Crippen LogP contribution is 2.23. The van der Waals surface area contributed by atoms with E-state index in [9.17, 15) is 9.18 Å². The van der Waals surface area contributed by atoms with Crippen LogP contribution in [0.2, 0.25) is 0 Å². The molecule has 0 aliphatic heterocycles. The molecular formula is C13H16FNO2. The van der Waals surface area contributed by atoms with Gasteiger partial charge in [0.2, 0.25) is 0 Å². The quantitative estimate of drug-likeness (QED) is 0.635. The number of hydrogen-bond acceptors (Lipinski definition) is 3. The number of halogens is 1. The first-order valence-electron chi connectivity index (χ1n) is 5.84. The summed E-state index contributed by atoms with van der Waals surface area (Å²) in [5.74, 6) is -0.953. The summed E-state index contributed by atoms with van der Waals surface area (Å²) in [6.45, 7) is 1.58. The molecule has 2 rings (SSSR count). The molecule has 1 saturated carbocycles. The number of nitrogen functional groups attached to an aromatic ring is 1. The van der Waals surface area contributed by atoms with E-state index in [0.29, 0.717) is 5.56 Å². The van der Waals surface area contributed by atoms with Crippen LogP contribution in [0.3, 0.4) is 0 Å². The van der Waals surface area contributed by atoms with Crippen molar-refractivity contribution in [2.24, 2.45) is 0 Å². The average molecular weight is 237 g/mol.